The van der Waals surface area contributed by atoms with Gasteiger partial charge in [-0.15, -0.1) is 11.8 Å². The number of hydrogen-bond acceptors (Lipinski definition) is 10. The van der Waals surface area contributed by atoms with Gasteiger partial charge in [0.15, 0.2) is 18.1 Å². The van der Waals surface area contributed by atoms with Crippen LogP contribution in [0.2, 0.25) is 0 Å². The van der Waals surface area contributed by atoms with Gasteiger partial charge in [-0.25, -0.2) is 4.79 Å². The van der Waals surface area contributed by atoms with Gasteiger partial charge in [-0.3, -0.25) is 24.1 Å². The number of carbonyl (C=O) groups is 4. The van der Waals surface area contributed by atoms with E-state index in [9.17, 15) is 24.0 Å². The van der Waals surface area contributed by atoms with Gasteiger partial charge in [0.25, 0.3) is 5.91 Å². The molecule has 3 heterocycles. The SMILES string of the molecule is CCOC(=O)c1ccc(N2C(=O)[C@H]3[C@H]4C[C@@H]([C@@H]3C2=O)[C@@H]2[C@H](c3ccc(OCC(=O)Nc5ccccc5)c(OCC)c3)c3sc(=O)[nH]c3S[C@H]42)cc1. The zero-order chi connectivity index (χ0) is 35.4. The van der Waals surface area contributed by atoms with Gasteiger partial charge in [0.05, 0.1) is 41.3 Å². The molecule has 0 unspecified atom stereocenters. The maximum Gasteiger partial charge on any atom is 0.338 e. The summed E-state index contributed by atoms with van der Waals surface area (Å²) in [5, 5.41) is 3.63. The van der Waals surface area contributed by atoms with Crippen molar-refractivity contribution in [2.24, 2.45) is 29.6 Å². The van der Waals surface area contributed by atoms with E-state index in [1.807, 2.05) is 37.3 Å². The molecule has 2 saturated carbocycles. The normalized spacial score (nSPS) is 25.6. The Hall–Kier alpha value is -4.88. The molecule has 2 N–H and O–H groups in total. The lowest BCUT2D eigenvalue weighted by Gasteiger charge is -2.43. The van der Waals surface area contributed by atoms with Gasteiger partial charge in [0, 0.05) is 21.7 Å². The predicted molar refractivity (Wildman–Crippen MR) is 192 cm³/mol. The summed E-state index contributed by atoms with van der Waals surface area (Å²) in [6.45, 7) is 4.00. The van der Waals surface area contributed by atoms with E-state index in [4.69, 9.17) is 14.2 Å². The van der Waals surface area contributed by atoms with Crippen molar-refractivity contribution in [1.82, 2.24) is 4.98 Å². The van der Waals surface area contributed by atoms with Crippen LogP contribution in [0.4, 0.5) is 11.4 Å². The standard InChI is InChI=1S/C38H35N3O8S2/c1-3-47-26-16-20(12-15-25(26)49-18-27(42)39-21-8-6-5-7-9-21)28-29-23-17-24(32(29)50-34-33(28)51-38(46)40-34)31-30(23)35(43)41(36(31)44)22-13-10-19(11-14-22)37(45)48-4-2/h5-16,23-24,28-32H,3-4,17-18H2,1-2H3,(H,39,42)(H,40,46)/t23-,24-,28+,29-,30+,31+,32-/m1/s1. The van der Waals surface area contributed by atoms with Crippen molar-refractivity contribution in [1.29, 1.82) is 0 Å². The molecule has 1 saturated heterocycles. The molecule has 262 valence electrons. The molecular formula is C38H35N3O8S2. The number of benzene rings is 3. The summed E-state index contributed by atoms with van der Waals surface area (Å²) >= 11 is 2.80. The summed E-state index contributed by atoms with van der Waals surface area (Å²) in [6, 6.07) is 21.2. The summed E-state index contributed by atoms with van der Waals surface area (Å²) in [5.74, 6) is -1.60. The summed E-state index contributed by atoms with van der Waals surface area (Å²) in [5.41, 5.74) is 2.38. The highest BCUT2D eigenvalue weighted by Crippen LogP contribution is 2.68. The summed E-state index contributed by atoms with van der Waals surface area (Å²) in [6.07, 6.45) is 0.747. The fourth-order valence-corrected chi connectivity index (χ4v) is 11.5. The van der Waals surface area contributed by atoms with E-state index in [0.29, 0.717) is 35.0 Å². The van der Waals surface area contributed by atoms with E-state index < -0.39 is 17.8 Å². The van der Waals surface area contributed by atoms with Crippen LogP contribution < -0.4 is 24.6 Å². The van der Waals surface area contributed by atoms with Gasteiger partial charge in [-0.2, -0.15) is 0 Å². The molecule has 2 aliphatic heterocycles. The second-order valence-electron chi connectivity index (χ2n) is 13.1. The van der Waals surface area contributed by atoms with E-state index in [2.05, 4.69) is 10.3 Å². The number of para-hydroxylation sites is 1. The highest BCUT2D eigenvalue weighted by Gasteiger charge is 2.69. The quantitative estimate of drug-likeness (QED) is 0.155. The van der Waals surface area contributed by atoms with E-state index >= 15 is 0 Å². The number of amides is 3. The van der Waals surface area contributed by atoms with Crippen LogP contribution >= 0.6 is 23.1 Å². The number of imide groups is 1. The Labute approximate surface area is 301 Å². The van der Waals surface area contributed by atoms with Crippen LogP contribution in [0.15, 0.2) is 82.6 Å². The number of carbonyl (C=O) groups excluding carboxylic acids is 4. The van der Waals surface area contributed by atoms with Crippen molar-refractivity contribution in [2.75, 3.05) is 30.0 Å². The van der Waals surface area contributed by atoms with Gasteiger partial charge in [0.2, 0.25) is 11.8 Å². The molecule has 7 atom stereocenters. The molecule has 4 aliphatic rings. The molecule has 4 aromatic rings. The summed E-state index contributed by atoms with van der Waals surface area (Å²) in [4.78, 5) is 70.9. The predicted octanol–water partition coefficient (Wildman–Crippen LogP) is 5.71. The van der Waals surface area contributed by atoms with Crippen molar-refractivity contribution in [3.05, 3.63) is 98.5 Å². The van der Waals surface area contributed by atoms with Crippen LogP contribution in [-0.4, -0.2) is 53.7 Å². The first kappa shape index (κ1) is 33.3. The van der Waals surface area contributed by atoms with Gasteiger partial charge >= 0.3 is 10.8 Å². The van der Waals surface area contributed by atoms with Crippen molar-refractivity contribution in [2.45, 2.75) is 36.5 Å². The third-order valence-corrected chi connectivity index (χ3v) is 13.0. The van der Waals surface area contributed by atoms with Crippen molar-refractivity contribution in [3.63, 3.8) is 0 Å². The smallest absolute Gasteiger partial charge is 0.338 e. The van der Waals surface area contributed by atoms with Crippen molar-refractivity contribution < 1.29 is 33.4 Å². The molecule has 2 aliphatic carbocycles. The van der Waals surface area contributed by atoms with Gasteiger partial charge in [-0.1, -0.05) is 35.6 Å². The van der Waals surface area contributed by atoms with Crippen LogP contribution in [0, 0.1) is 29.6 Å². The van der Waals surface area contributed by atoms with Crippen LogP contribution in [-0.2, 0) is 19.1 Å². The fourth-order valence-electron chi connectivity index (χ4n) is 8.57. The number of aromatic nitrogens is 1. The number of H-pyrrole nitrogens is 1. The number of nitrogens with one attached hydrogen (secondary N) is 2. The van der Waals surface area contributed by atoms with Crippen molar-refractivity contribution >= 4 is 58.2 Å². The third-order valence-electron chi connectivity index (χ3n) is 10.4. The van der Waals surface area contributed by atoms with Gasteiger partial charge in [-0.05, 0) is 92.1 Å². The van der Waals surface area contributed by atoms with Crippen LogP contribution in [0.3, 0.4) is 0 Å². The monoisotopic (exact) mass is 725 g/mol. The zero-order valence-corrected chi connectivity index (χ0v) is 29.5. The molecule has 2 bridgehead atoms. The Balaban J connectivity index is 1.09. The lowest BCUT2D eigenvalue weighted by atomic mass is 9.68. The Morgan fingerprint density at radius 3 is 2.35 bits per heavy atom. The molecule has 1 aromatic heterocycles. The molecule has 13 heteroatoms. The maximum absolute atomic E-state index is 14.2. The first-order valence-corrected chi connectivity index (χ1v) is 18.8. The Kier molecular flexibility index (Phi) is 8.71. The fraction of sp³-hybridized carbons (Fsp3) is 0.342. The number of ether oxygens (including phenoxy) is 3. The van der Waals surface area contributed by atoms with E-state index in [0.717, 1.165) is 21.9 Å². The van der Waals surface area contributed by atoms with Crippen LogP contribution in [0.5, 0.6) is 11.5 Å². The number of rotatable bonds is 10. The first-order valence-electron chi connectivity index (χ1n) is 17.1. The number of thioether (sulfide) groups is 1. The summed E-state index contributed by atoms with van der Waals surface area (Å²) in [7, 11) is 0. The Morgan fingerprint density at radius 1 is 0.882 bits per heavy atom. The van der Waals surface area contributed by atoms with Crippen LogP contribution in [0.25, 0.3) is 0 Å². The average Bonchev–Trinajstić information content (AvgIpc) is 3.87. The molecule has 3 amide bonds. The minimum atomic E-state index is -0.481. The molecule has 0 radical (unpaired) electrons. The molecule has 11 nitrogen and oxygen atoms in total. The minimum Gasteiger partial charge on any atom is -0.490 e. The number of nitrogens with zero attached hydrogens (tertiary/aromatic N) is 1. The lowest BCUT2D eigenvalue weighted by molar-refractivity contribution is -0.123. The highest BCUT2D eigenvalue weighted by molar-refractivity contribution is 8.00. The van der Waals surface area contributed by atoms with E-state index in [-0.39, 0.29) is 64.7 Å². The minimum absolute atomic E-state index is 0.00930. The number of anilines is 2. The van der Waals surface area contributed by atoms with Crippen molar-refractivity contribution in [3.8, 4) is 11.5 Å². The van der Waals surface area contributed by atoms with E-state index in [1.54, 1.807) is 61.2 Å². The molecule has 3 fully saturated rings. The molecule has 3 aromatic carbocycles. The molecular weight excluding hydrogens is 691 g/mol. The first-order chi connectivity index (χ1) is 24.8. The highest BCUT2D eigenvalue weighted by atomic mass is 32.2. The second kappa shape index (κ2) is 13.3. The Morgan fingerprint density at radius 2 is 1.63 bits per heavy atom. The number of esters is 1. The number of hydrogen-bond donors (Lipinski definition) is 2. The maximum atomic E-state index is 14.2. The third kappa shape index (κ3) is 5.72. The molecule has 51 heavy (non-hydrogen) atoms. The molecule has 8 rings (SSSR count). The topological polar surface area (TPSA) is 144 Å². The van der Waals surface area contributed by atoms with Gasteiger partial charge < -0.3 is 24.5 Å². The number of fused-ring (bicyclic) bond motifs is 9. The van der Waals surface area contributed by atoms with Gasteiger partial charge in [0.1, 0.15) is 0 Å². The lowest BCUT2D eigenvalue weighted by Crippen LogP contribution is -2.42. The largest absolute Gasteiger partial charge is 0.490 e. The number of thiazole rings is 1. The zero-order valence-electron chi connectivity index (χ0n) is 27.8. The summed E-state index contributed by atoms with van der Waals surface area (Å²) < 4.78 is 17.0. The number of aromatic amines is 1. The second-order valence-corrected chi connectivity index (χ2v) is 15.3. The Bertz CT molecular complexity index is 2080. The molecule has 0 spiro atoms. The van der Waals surface area contributed by atoms with E-state index in [1.165, 1.54) is 16.2 Å². The van der Waals surface area contributed by atoms with Crippen LogP contribution in [0.1, 0.15) is 47.0 Å². The average molecular weight is 726 g/mol.